The first kappa shape index (κ1) is 14.4. The molecule has 106 valence electrons. The first-order valence-electron chi connectivity index (χ1n) is 7.34. The van der Waals surface area contributed by atoms with E-state index in [1.54, 1.807) is 0 Å². The lowest BCUT2D eigenvalue weighted by Crippen LogP contribution is -2.47. The Hall–Kier alpha value is -1.02. The molecule has 1 saturated carbocycles. The molecular formula is C17H27NO. The summed E-state index contributed by atoms with van der Waals surface area (Å²) in [6.45, 7) is 9.57. The van der Waals surface area contributed by atoms with Gasteiger partial charge in [-0.15, -0.1) is 0 Å². The molecular weight excluding hydrogens is 234 g/mol. The molecule has 0 spiro atoms. The molecule has 1 aliphatic rings. The van der Waals surface area contributed by atoms with Gasteiger partial charge in [-0.25, -0.2) is 0 Å². The SMILES string of the molecule is Cc1ccc(NCC2(O)CCC(C)C(C)(C)C2)cc1. The van der Waals surface area contributed by atoms with Crippen molar-refractivity contribution in [3.63, 3.8) is 0 Å². The van der Waals surface area contributed by atoms with Crippen LogP contribution < -0.4 is 5.32 Å². The summed E-state index contributed by atoms with van der Waals surface area (Å²) in [6.07, 6.45) is 2.88. The maximum atomic E-state index is 10.8. The van der Waals surface area contributed by atoms with Crippen LogP contribution in [0, 0.1) is 18.3 Å². The average Bonchev–Trinajstić information content (AvgIpc) is 2.34. The Bertz CT molecular complexity index is 423. The third kappa shape index (κ3) is 3.50. The van der Waals surface area contributed by atoms with Crippen molar-refractivity contribution in [3.05, 3.63) is 29.8 Å². The van der Waals surface area contributed by atoms with E-state index in [2.05, 4.69) is 57.3 Å². The molecule has 0 amide bonds. The summed E-state index contributed by atoms with van der Waals surface area (Å²) in [7, 11) is 0. The minimum Gasteiger partial charge on any atom is -0.388 e. The number of anilines is 1. The molecule has 2 heteroatoms. The van der Waals surface area contributed by atoms with Crippen molar-refractivity contribution in [1.82, 2.24) is 0 Å². The fourth-order valence-corrected chi connectivity index (χ4v) is 3.08. The molecule has 0 aliphatic heterocycles. The topological polar surface area (TPSA) is 32.3 Å². The van der Waals surface area contributed by atoms with Gasteiger partial charge < -0.3 is 10.4 Å². The van der Waals surface area contributed by atoms with Crippen LogP contribution in [-0.4, -0.2) is 17.3 Å². The van der Waals surface area contributed by atoms with Gasteiger partial charge in [0.2, 0.25) is 0 Å². The van der Waals surface area contributed by atoms with E-state index in [0.29, 0.717) is 12.5 Å². The van der Waals surface area contributed by atoms with Gasteiger partial charge in [-0.3, -0.25) is 0 Å². The van der Waals surface area contributed by atoms with E-state index < -0.39 is 5.60 Å². The second kappa shape index (κ2) is 5.16. The zero-order valence-electron chi connectivity index (χ0n) is 12.7. The van der Waals surface area contributed by atoms with E-state index >= 15 is 0 Å². The molecule has 0 saturated heterocycles. The third-order valence-corrected chi connectivity index (χ3v) is 4.83. The Morgan fingerprint density at radius 2 is 1.89 bits per heavy atom. The highest BCUT2D eigenvalue weighted by molar-refractivity contribution is 5.44. The van der Waals surface area contributed by atoms with E-state index in [1.807, 2.05) is 0 Å². The quantitative estimate of drug-likeness (QED) is 0.862. The normalized spacial score (nSPS) is 30.1. The second-order valence-electron chi connectivity index (χ2n) is 7.05. The molecule has 0 aromatic heterocycles. The number of rotatable bonds is 3. The van der Waals surface area contributed by atoms with Crippen molar-refractivity contribution >= 4 is 5.69 Å². The van der Waals surface area contributed by atoms with Crippen molar-refractivity contribution in [2.75, 3.05) is 11.9 Å². The second-order valence-corrected chi connectivity index (χ2v) is 7.05. The van der Waals surface area contributed by atoms with Gasteiger partial charge in [0.1, 0.15) is 0 Å². The van der Waals surface area contributed by atoms with E-state index in [4.69, 9.17) is 0 Å². The molecule has 1 aromatic carbocycles. The Morgan fingerprint density at radius 1 is 1.26 bits per heavy atom. The number of aliphatic hydroxyl groups is 1. The number of hydrogen-bond acceptors (Lipinski definition) is 2. The van der Waals surface area contributed by atoms with Crippen molar-refractivity contribution in [3.8, 4) is 0 Å². The van der Waals surface area contributed by atoms with E-state index in [1.165, 1.54) is 5.56 Å². The Balaban J connectivity index is 1.96. The van der Waals surface area contributed by atoms with Gasteiger partial charge in [-0.1, -0.05) is 38.5 Å². The molecule has 2 nitrogen and oxygen atoms in total. The Morgan fingerprint density at radius 3 is 2.47 bits per heavy atom. The highest BCUT2D eigenvalue weighted by Crippen LogP contribution is 2.44. The summed E-state index contributed by atoms with van der Waals surface area (Å²) in [5.74, 6) is 0.687. The van der Waals surface area contributed by atoms with Crippen LogP contribution in [0.1, 0.15) is 45.6 Å². The van der Waals surface area contributed by atoms with Gasteiger partial charge in [-0.05, 0) is 49.7 Å². The Kier molecular flexibility index (Phi) is 3.91. The molecule has 1 aliphatic carbocycles. The summed E-state index contributed by atoms with van der Waals surface area (Å²) in [5.41, 5.74) is 2.01. The van der Waals surface area contributed by atoms with Crippen molar-refractivity contribution in [2.24, 2.45) is 11.3 Å². The molecule has 2 N–H and O–H groups in total. The molecule has 1 aromatic rings. The smallest absolute Gasteiger partial charge is 0.0824 e. The van der Waals surface area contributed by atoms with Crippen LogP contribution in [-0.2, 0) is 0 Å². The standard InChI is InChI=1S/C17H27NO/c1-13-5-7-15(8-6-13)18-12-17(19)10-9-14(2)16(3,4)11-17/h5-8,14,18-19H,9-12H2,1-4H3. The summed E-state index contributed by atoms with van der Waals surface area (Å²) < 4.78 is 0. The van der Waals surface area contributed by atoms with Gasteiger partial charge in [0, 0.05) is 12.2 Å². The van der Waals surface area contributed by atoms with Crippen LogP contribution in [0.3, 0.4) is 0 Å². The molecule has 1 fully saturated rings. The van der Waals surface area contributed by atoms with Gasteiger partial charge in [0.05, 0.1) is 5.60 Å². The third-order valence-electron chi connectivity index (χ3n) is 4.83. The van der Waals surface area contributed by atoms with E-state index in [-0.39, 0.29) is 5.41 Å². The first-order valence-corrected chi connectivity index (χ1v) is 7.34. The predicted octanol–water partition coefficient (Wildman–Crippen LogP) is 3.98. The van der Waals surface area contributed by atoms with Crippen molar-refractivity contribution in [1.29, 1.82) is 0 Å². The average molecular weight is 261 g/mol. The molecule has 0 heterocycles. The fraction of sp³-hybridized carbons (Fsp3) is 0.647. The molecule has 2 rings (SSSR count). The highest BCUT2D eigenvalue weighted by Gasteiger charge is 2.42. The molecule has 0 bridgehead atoms. The predicted molar refractivity (Wildman–Crippen MR) is 81.4 cm³/mol. The molecule has 19 heavy (non-hydrogen) atoms. The molecule has 0 radical (unpaired) electrons. The van der Waals surface area contributed by atoms with Crippen LogP contribution in [0.5, 0.6) is 0 Å². The number of nitrogens with one attached hydrogen (secondary N) is 1. The summed E-state index contributed by atoms with van der Waals surface area (Å²) >= 11 is 0. The van der Waals surface area contributed by atoms with Crippen molar-refractivity contribution in [2.45, 2.75) is 52.6 Å². The monoisotopic (exact) mass is 261 g/mol. The first-order chi connectivity index (χ1) is 8.81. The highest BCUT2D eigenvalue weighted by atomic mass is 16.3. The maximum Gasteiger partial charge on any atom is 0.0824 e. The molecule has 2 unspecified atom stereocenters. The molecule has 2 atom stereocenters. The van der Waals surface area contributed by atoms with Crippen LogP contribution in [0.4, 0.5) is 5.69 Å². The minimum absolute atomic E-state index is 0.224. The summed E-state index contributed by atoms with van der Waals surface area (Å²) in [5, 5.41) is 14.2. The van der Waals surface area contributed by atoms with Gasteiger partial charge in [0.15, 0.2) is 0 Å². The Labute approximate surface area is 117 Å². The van der Waals surface area contributed by atoms with E-state index in [0.717, 1.165) is 24.9 Å². The lowest BCUT2D eigenvalue weighted by molar-refractivity contribution is -0.0511. The largest absolute Gasteiger partial charge is 0.388 e. The fourth-order valence-electron chi connectivity index (χ4n) is 3.08. The van der Waals surface area contributed by atoms with Crippen LogP contribution in [0.25, 0.3) is 0 Å². The zero-order chi connectivity index (χ0) is 14.1. The van der Waals surface area contributed by atoms with E-state index in [9.17, 15) is 5.11 Å². The lowest BCUT2D eigenvalue weighted by atomic mass is 9.64. The minimum atomic E-state index is -0.569. The number of benzene rings is 1. The van der Waals surface area contributed by atoms with Crippen LogP contribution in [0.15, 0.2) is 24.3 Å². The van der Waals surface area contributed by atoms with Crippen molar-refractivity contribution < 1.29 is 5.11 Å². The van der Waals surface area contributed by atoms with Gasteiger partial charge in [-0.2, -0.15) is 0 Å². The number of hydrogen-bond donors (Lipinski definition) is 2. The maximum absolute atomic E-state index is 10.8. The van der Waals surface area contributed by atoms with Gasteiger partial charge >= 0.3 is 0 Å². The van der Waals surface area contributed by atoms with Crippen LogP contribution >= 0.6 is 0 Å². The van der Waals surface area contributed by atoms with Gasteiger partial charge in [0.25, 0.3) is 0 Å². The summed E-state index contributed by atoms with van der Waals surface area (Å²) in [6, 6.07) is 8.35. The lowest BCUT2D eigenvalue weighted by Gasteiger charge is -2.45. The summed E-state index contributed by atoms with van der Waals surface area (Å²) in [4.78, 5) is 0. The van der Waals surface area contributed by atoms with Crippen LogP contribution in [0.2, 0.25) is 0 Å². The number of aryl methyl sites for hydroxylation is 1. The zero-order valence-corrected chi connectivity index (χ0v) is 12.7.